The van der Waals surface area contributed by atoms with Crippen LogP contribution in [0.25, 0.3) is 10.8 Å². The van der Waals surface area contributed by atoms with E-state index in [9.17, 15) is 0 Å². The Balaban J connectivity index is 0.00000441. The zero-order chi connectivity index (χ0) is 27.9. The number of nitrogens with two attached hydrogens (primary N) is 1. The lowest BCUT2D eigenvalue weighted by Crippen LogP contribution is -2.14. The summed E-state index contributed by atoms with van der Waals surface area (Å²) in [6, 6.07) is 17.2. The Bertz CT molecular complexity index is 1510. The minimum Gasteiger partial charge on any atom is -0.493 e. The van der Waals surface area contributed by atoms with E-state index in [1.54, 1.807) is 42.7 Å². The Labute approximate surface area is 240 Å². The highest BCUT2D eigenvalue weighted by Gasteiger charge is 2.14. The second kappa shape index (κ2) is 13.6. The third-order valence-corrected chi connectivity index (χ3v) is 6.31. The number of aliphatic imine (C=N–C) groups is 1. The van der Waals surface area contributed by atoms with Gasteiger partial charge in [0, 0.05) is 18.2 Å². The third-order valence-electron chi connectivity index (χ3n) is 6.31. The zero-order valence-electron chi connectivity index (χ0n) is 23.4. The van der Waals surface area contributed by atoms with Crippen molar-refractivity contribution >= 4 is 34.8 Å². The molecule has 0 aliphatic rings. The van der Waals surface area contributed by atoms with Crippen LogP contribution in [-0.4, -0.2) is 53.5 Å². The molecule has 9 nitrogen and oxygen atoms in total. The van der Waals surface area contributed by atoms with Crippen LogP contribution < -0.4 is 34.2 Å². The van der Waals surface area contributed by atoms with Crippen LogP contribution >= 0.6 is 12.4 Å². The van der Waals surface area contributed by atoms with E-state index in [2.05, 4.69) is 4.99 Å². The van der Waals surface area contributed by atoms with E-state index in [0.29, 0.717) is 59.0 Å². The molecule has 1 heterocycles. The van der Waals surface area contributed by atoms with Crippen molar-refractivity contribution in [3.8, 4) is 34.5 Å². The molecule has 0 atom stereocenters. The van der Waals surface area contributed by atoms with Crippen molar-refractivity contribution in [2.24, 2.45) is 10.7 Å². The van der Waals surface area contributed by atoms with Crippen LogP contribution in [0.4, 0.5) is 5.82 Å². The van der Waals surface area contributed by atoms with Crippen molar-refractivity contribution < 1.29 is 28.4 Å². The molecule has 212 valence electrons. The lowest BCUT2D eigenvalue weighted by atomic mass is 10.0. The number of hydrogen-bond acceptors (Lipinski definition) is 8. The SMILES string of the molecule is COc1ccc(C/C(N)=N/c2cc3cc(OC)c(OC)cc3c(Cc3ccc(OC)c(OC)c3)n2)cc1OC.Cl. The van der Waals surface area contributed by atoms with Crippen molar-refractivity contribution in [2.75, 3.05) is 42.7 Å². The number of methoxy groups -OCH3 is 6. The van der Waals surface area contributed by atoms with E-state index >= 15 is 0 Å². The van der Waals surface area contributed by atoms with Crippen molar-refractivity contribution in [3.05, 3.63) is 71.4 Å². The molecule has 10 heteroatoms. The van der Waals surface area contributed by atoms with E-state index in [1.807, 2.05) is 54.6 Å². The lowest BCUT2D eigenvalue weighted by Gasteiger charge is -2.14. The number of ether oxygens (including phenoxy) is 6. The fraction of sp³-hybridized carbons (Fsp3) is 0.267. The van der Waals surface area contributed by atoms with Gasteiger partial charge in [-0.1, -0.05) is 12.1 Å². The number of pyridine rings is 1. The van der Waals surface area contributed by atoms with E-state index in [4.69, 9.17) is 39.1 Å². The van der Waals surface area contributed by atoms with E-state index in [1.165, 1.54) is 0 Å². The molecule has 4 rings (SSSR count). The summed E-state index contributed by atoms with van der Waals surface area (Å²) < 4.78 is 32.7. The summed E-state index contributed by atoms with van der Waals surface area (Å²) in [6.45, 7) is 0. The molecule has 0 saturated heterocycles. The maximum absolute atomic E-state index is 6.38. The van der Waals surface area contributed by atoms with Gasteiger partial charge in [0.25, 0.3) is 0 Å². The fourth-order valence-electron chi connectivity index (χ4n) is 4.40. The van der Waals surface area contributed by atoms with Crippen LogP contribution in [0.3, 0.4) is 0 Å². The van der Waals surface area contributed by atoms with Gasteiger partial charge in [-0.25, -0.2) is 9.98 Å². The van der Waals surface area contributed by atoms with Crippen molar-refractivity contribution in [3.63, 3.8) is 0 Å². The van der Waals surface area contributed by atoms with Gasteiger partial charge in [-0.05, 0) is 59.0 Å². The molecule has 0 bridgehead atoms. The Kier molecular flexibility index (Phi) is 10.3. The minimum absolute atomic E-state index is 0. The predicted octanol–water partition coefficient (Wildman–Crippen LogP) is 5.53. The second-order valence-corrected chi connectivity index (χ2v) is 8.69. The fourth-order valence-corrected chi connectivity index (χ4v) is 4.40. The normalized spacial score (nSPS) is 11.0. The van der Waals surface area contributed by atoms with Crippen LogP contribution in [0.1, 0.15) is 16.8 Å². The molecular formula is C30H34ClN3O6. The van der Waals surface area contributed by atoms with Gasteiger partial charge in [-0.3, -0.25) is 0 Å². The quantitative estimate of drug-likeness (QED) is 0.186. The second-order valence-electron chi connectivity index (χ2n) is 8.69. The van der Waals surface area contributed by atoms with Gasteiger partial charge >= 0.3 is 0 Å². The Morgan fingerprint density at radius 2 is 1.15 bits per heavy atom. The van der Waals surface area contributed by atoms with Gasteiger partial charge in [-0.2, -0.15) is 0 Å². The van der Waals surface area contributed by atoms with Crippen molar-refractivity contribution in [1.29, 1.82) is 0 Å². The molecule has 4 aromatic rings. The Hall–Kier alpha value is -4.37. The predicted molar refractivity (Wildman–Crippen MR) is 159 cm³/mol. The molecular weight excluding hydrogens is 534 g/mol. The number of amidine groups is 1. The zero-order valence-corrected chi connectivity index (χ0v) is 24.3. The first-order valence-corrected chi connectivity index (χ1v) is 12.2. The summed E-state index contributed by atoms with van der Waals surface area (Å²) in [4.78, 5) is 9.55. The molecule has 0 amide bonds. The molecule has 0 saturated carbocycles. The van der Waals surface area contributed by atoms with E-state index in [0.717, 1.165) is 27.6 Å². The molecule has 0 radical (unpaired) electrons. The van der Waals surface area contributed by atoms with Crippen LogP contribution in [0.15, 0.2) is 59.6 Å². The number of fused-ring (bicyclic) bond motifs is 1. The molecule has 0 fully saturated rings. The number of rotatable bonds is 11. The average Bonchev–Trinajstić information content (AvgIpc) is 2.96. The van der Waals surface area contributed by atoms with Crippen LogP contribution in [-0.2, 0) is 12.8 Å². The molecule has 0 aliphatic heterocycles. The first-order chi connectivity index (χ1) is 18.9. The highest BCUT2D eigenvalue weighted by atomic mass is 35.5. The summed E-state index contributed by atoms with van der Waals surface area (Å²) in [5.74, 6) is 4.71. The first-order valence-electron chi connectivity index (χ1n) is 12.2. The molecule has 2 N–H and O–H groups in total. The lowest BCUT2D eigenvalue weighted by molar-refractivity contribution is 0.354. The number of nitrogens with zero attached hydrogens (tertiary/aromatic N) is 2. The van der Waals surface area contributed by atoms with Crippen LogP contribution in [0.5, 0.6) is 34.5 Å². The highest BCUT2D eigenvalue weighted by molar-refractivity contribution is 5.91. The maximum Gasteiger partial charge on any atom is 0.161 e. The summed E-state index contributed by atoms with van der Waals surface area (Å²) >= 11 is 0. The number of aromatic nitrogens is 1. The van der Waals surface area contributed by atoms with Crippen LogP contribution in [0.2, 0.25) is 0 Å². The summed E-state index contributed by atoms with van der Waals surface area (Å²) in [6.07, 6.45) is 0.933. The van der Waals surface area contributed by atoms with Gasteiger partial charge in [0.2, 0.25) is 0 Å². The van der Waals surface area contributed by atoms with Gasteiger partial charge in [0.15, 0.2) is 40.3 Å². The standard InChI is InChI=1S/C30H33N3O6.ClH/c1-34-23-9-7-18(12-25(23)36-3)11-22-21-17-28(39-6)27(38-5)15-20(21)16-30(32-22)33-29(31)14-19-8-10-24(35-2)26(13-19)37-4;/h7-10,12-13,15-17H,11,14H2,1-6H3,(H2,31,32,33);1H. The minimum atomic E-state index is 0. The van der Waals surface area contributed by atoms with Gasteiger partial charge in [0.05, 0.1) is 48.4 Å². The Morgan fingerprint density at radius 3 is 1.73 bits per heavy atom. The number of benzene rings is 3. The Morgan fingerprint density at radius 1 is 0.650 bits per heavy atom. The van der Waals surface area contributed by atoms with E-state index < -0.39 is 0 Å². The largest absolute Gasteiger partial charge is 0.493 e. The maximum atomic E-state index is 6.38. The third kappa shape index (κ3) is 6.60. The van der Waals surface area contributed by atoms with Crippen molar-refractivity contribution in [2.45, 2.75) is 12.8 Å². The molecule has 0 aliphatic carbocycles. The summed E-state index contributed by atoms with van der Waals surface area (Å²) in [5, 5.41) is 1.82. The summed E-state index contributed by atoms with van der Waals surface area (Å²) in [7, 11) is 9.64. The molecule has 0 unspecified atom stereocenters. The van der Waals surface area contributed by atoms with Gasteiger partial charge < -0.3 is 34.2 Å². The van der Waals surface area contributed by atoms with Gasteiger partial charge in [0.1, 0.15) is 5.84 Å². The molecule has 40 heavy (non-hydrogen) atoms. The smallest absolute Gasteiger partial charge is 0.161 e. The number of halogens is 1. The van der Waals surface area contributed by atoms with Crippen molar-refractivity contribution in [1.82, 2.24) is 4.98 Å². The average molecular weight is 568 g/mol. The van der Waals surface area contributed by atoms with Gasteiger partial charge in [-0.15, -0.1) is 12.4 Å². The van der Waals surface area contributed by atoms with E-state index in [-0.39, 0.29) is 12.4 Å². The topological polar surface area (TPSA) is 107 Å². The number of hydrogen-bond donors (Lipinski definition) is 1. The molecule has 1 aromatic heterocycles. The monoisotopic (exact) mass is 567 g/mol. The van der Waals surface area contributed by atoms with Crippen LogP contribution in [0, 0.1) is 0 Å². The summed E-state index contributed by atoms with van der Waals surface area (Å²) in [5.41, 5.74) is 9.12. The highest BCUT2D eigenvalue weighted by Crippen LogP contribution is 2.36. The molecule has 3 aromatic carbocycles. The molecule has 0 spiro atoms. The first kappa shape index (κ1) is 30.2.